The van der Waals surface area contributed by atoms with Crippen LogP contribution in [0.25, 0.3) is 11.0 Å². The van der Waals surface area contributed by atoms with Crippen LogP contribution in [0.1, 0.15) is 30.0 Å². The maximum atomic E-state index is 12.1. The number of carbonyl (C=O) groups excluding carboxylic acids is 1. The topological polar surface area (TPSA) is 86.0 Å². The van der Waals surface area contributed by atoms with Gasteiger partial charge in [0.25, 0.3) is 0 Å². The summed E-state index contributed by atoms with van der Waals surface area (Å²) in [6, 6.07) is 4.33. The van der Waals surface area contributed by atoms with Gasteiger partial charge in [-0.25, -0.2) is 4.79 Å². The fraction of sp³-hybridized carbons (Fsp3) is 0.375. The zero-order valence-corrected chi connectivity index (χ0v) is 12.7. The molecular weight excluding hydrogens is 288 g/mol. The van der Waals surface area contributed by atoms with E-state index in [1.165, 1.54) is 0 Å². The Labute approximate surface area is 127 Å². The number of rotatable bonds is 5. The van der Waals surface area contributed by atoms with Gasteiger partial charge in [0, 0.05) is 11.6 Å². The van der Waals surface area contributed by atoms with E-state index in [0.717, 1.165) is 6.07 Å². The molecule has 1 aromatic carbocycles. The Bertz CT molecular complexity index is 744. The van der Waals surface area contributed by atoms with E-state index in [9.17, 15) is 14.7 Å². The second-order valence-electron chi connectivity index (χ2n) is 4.92. The van der Waals surface area contributed by atoms with Crippen LogP contribution >= 0.6 is 0 Å². The quantitative estimate of drug-likeness (QED) is 0.851. The van der Waals surface area contributed by atoms with Gasteiger partial charge in [-0.05, 0) is 32.9 Å². The molecule has 0 aliphatic carbocycles. The first-order chi connectivity index (χ1) is 10.4. The van der Waals surface area contributed by atoms with E-state index in [1.54, 1.807) is 32.9 Å². The molecule has 0 amide bonds. The van der Waals surface area contributed by atoms with Gasteiger partial charge in [-0.15, -0.1) is 0 Å². The normalized spacial score (nSPS) is 12.2. The van der Waals surface area contributed by atoms with Crippen molar-refractivity contribution in [3.63, 3.8) is 0 Å². The van der Waals surface area contributed by atoms with Gasteiger partial charge in [-0.2, -0.15) is 0 Å². The number of benzene rings is 1. The number of aryl methyl sites for hydroxylation is 1. The van der Waals surface area contributed by atoms with Gasteiger partial charge in [0.05, 0.1) is 18.1 Å². The molecule has 22 heavy (non-hydrogen) atoms. The Morgan fingerprint density at radius 1 is 1.41 bits per heavy atom. The molecule has 6 nitrogen and oxygen atoms in total. The molecule has 2 aromatic rings. The van der Waals surface area contributed by atoms with Gasteiger partial charge in [0.2, 0.25) is 5.76 Å². The lowest BCUT2D eigenvalue weighted by molar-refractivity contribution is 0.0490. The molecule has 2 rings (SSSR count). The van der Waals surface area contributed by atoms with Crippen molar-refractivity contribution < 1.29 is 23.8 Å². The van der Waals surface area contributed by atoms with Gasteiger partial charge in [-0.3, -0.25) is 4.79 Å². The first-order valence-electron chi connectivity index (χ1n) is 6.99. The van der Waals surface area contributed by atoms with Crippen molar-refractivity contribution in [3.05, 3.63) is 39.7 Å². The van der Waals surface area contributed by atoms with Crippen LogP contribution in [0.15, 0.2) is 27.4 Å². The zero-order chi connectivity index (χ0) is 16.3. The average molecular weight is 306 g/mol. The molecule has 0 saturated carbocycles. The summed E-state index contributed by atoms with van der Waals surface area (Å²) in [7, 11) is 0. The molecule has 6 heteroatoms. The third-order valence-electron chi connectivity index (χ3n) is 3.05. The summed E-state index contributed by atoms with van der Waals surface area (Å²) < 4.78 is 15.8. The smallest absolute Gasteiger partial charge is 0.374 e. The summed E-state index contributed by atoms with van der Waals surface area (Å²) >= 11 is 0. The van der Waals surface area contributed by atoms with E-state index in [1.807, 2.05) is 0 Å². The summed E-state index contributed by atoms with van der Waals surface area (Å²) in [5.41, 5.74) is 0.537. The molecule has 0 aliphatic heterocycles. The number of fused-ring (bicyclic) bond motifs is 1. The molecule has 118 valence electrons. The van der Waals surface area contributed by atoms with Crippen LogP contribution in [0.2, 0.25) is 0 Å². The van der Waals surface area contributed by atoms with E-state index < -0.39 is 12.1 Å². The lowest BCUT2D eigenvalue weighted by Crippen LogP contribution is -2.14. The van der Waals surface area contributed by atoms with Crippen molar-refractivity contribution in [2.45, 2.75) is 26.9 Å². The van der Waals surface area contributed by atoms with Crippen LogP contribution in [-0.4, -0.2) is 30.4 Å². The monoisotopic (exact) mass is 306 g/mol. The summed E-state index contributed by atoms with van der Waals surface area (Å²) in [5.74, 6) is -0.344. The van der Waals surface area contributed by atoms with Crippen molar-refractivity contribution in [2.75, 3.05) is 13.2 Å². The predicted octanol–water partition coefficient (Wildman–Crippen LogP) is 2.04. The van der Waals surface area contributed by atoms with Gasteiger partial charge in [0.15, 0.2) is 5.43 Å². The zero-order valence-electron chi connectivity index (χ0n) is 12.7. The predicted molar refractivity (Wildman–Crippen MR) is 80.4 cm³/mol. The largest absolute Gasteiger partial charge is 0.490 e. The molecule has 1 atom stereocenters. The molecule has 1 N–H and O–H groups in total. The molecule has 0 fully saturated rings. The SMILES string of the molecule is CCOC(=O)c1cc(=O)c2ccc(OCC(C)O)c(C)c2o1. The van der Waals surface area contributed by atoms with Gasteiger partial charge < -0.3 is 19.0 Å². The fourth-order valence-electron chi connectivity index (χ4n) is 2.00. The standard InChI is InChI=1S/C16H18O6/c1-4-20-16(19)14-7-12(18)11-5-6-13(21-8-9(2)17)10(3)15(11)22-14/h5-7,9,17H,4,8H2,1-3H3. The number of hydrogen-bond acceptors (Lipinski definition) is 6. The van der Waals surface area contributed by atoms with Crippen LogP contribution in [0.3, 0.4) is 0 Å². The van der Waals surface area contributed by atoms with Gasteiger partial charge in [-0.1, -0.05) is 0 Å². The average Bonchev–Trinajstić information content (AvgIpc) is 2.47. The highest BCUT2D eigenvalue weighted by Crippen LogP contribution is 2.26. The first kappa shape index (κ1) is 16.0. The van der Waals surface area contributed by atoms with Crippen molar-refractivity contribution in [2.24, 2.45) is 0 Å². The Kier molecular flexibility index (Phi) is 4.82. The number of aliphatic hydroxyl groups is 1. The summed E-state index contributed by atoms with van der Waals surface area (Å²) in [4.78, 5) is 23.8. The number of esters is 1. The second kappa shape index (κ2) is 6.62. The number of hydrogen-bond donors (Lipinski definition) is 1. The molecule has 1 unspecified atom stereocenters. The third-order valence-corrected chi connectivity index (χ3v) is 3.05. The van der Waals surface area contributed by atoms with Crippen molar-refractivity contribution in [1.82, 2.24) is 0 Å². The number of carbonyl (C=O) groups is 1. The first-order valence-corrected chi connectivity index (χ1v) is 6.99. The third kappa shape index (κ3) is 3.28. The Morgan fingerprint density at radius 3 is 2.77 bits per heavy atom. The molecule has 0 radical (unpaired) electrons. The minimum Gasteiger partial charge on any atom is -0.490 e. The van der Waals surface area contributed by atoms with Crippen LogP contribution in [0.5, 0.6) is 5.75 Å². The molecule has 0 bridgehead atoms. The highest BCUT2D eigenvalue weighted by molar-refractivity contribution is 5.90. The summed E-state index contributed by atoms with van der Waals surface area (Å²) in [6.45, 7) is 5.31. The second-order valence-corrected chi connectivity index (χ2v) is 4.92. The van der Waals surface area contributed by atoms with Crippen LogP contribution < -0.4 is 10.2 Å². The van der Waals surface area contributed by atoms with Crippen LogP contribution in [0.4, 0.5) is 0 Å². The molecule has 0 saturated heterocycles. The lowest BCUT2D eigenvalue weighted by atomic mass is 10.1. The Hall–Kier alpha value is -2.34. The van der Waals surface area contributed by atoms with Gasteiger partial charge >= 0.3 is 5.97 Å². The van der Waals surface area contributed by atoms with Crippen molar-refractivity contribution >= 4 is 16.9 Å². The lowest BCUT2D eigenvalue weighted by Gasteiger charge is -2.12. The van der Waals surface area contributed by atoms with Crippen molar-refractivity contribution in [3.8, 4) is 5.75 Å². The highest BCUT2D eigenvalue weighted by Gasteiger charge is 2.16. The Morgan fingerprint density at radius 2 is 2.14 bits per heavy atom. The van der Waals surface area contributed by atoms with E-state index in [0.29, 0.717) is 16.7 Å². The molecular formula is C16H18O6. The number of ether oxygens (including phenoxy) is 2. The summed E-state index contributed by atoms with van der Waals surface area (Å²) in [6.07, 6.45) is -0.618. The van der Waals surface area contributed by atoms with Crippen molar-refractivity contribution in [1.29, 1.82) is 0 Å². The molecule has 1 heterocycles. The number of aliphatic hydroxyl groups excluding tert-OH is 1. The van der Waals surface area contributed by atoms with E-state index in [4.69, 9.17) is 13.9 Å². The highest BCUT2D eigenvalue weighted by atomic mass is 16.5. The maximum Gasteiger partial charge on any atom is 0.374 e. The molecule has 1 aromatic heterocycles. The van der Waals surface area contributed by atoms with E-state index >= 15 is 0 Å². The maximum absolute atomic E-state index is 12.1. The molecule has 0 aliphatic rings. The fourth-order valence-corrected chi connectivity index (χ4v) is 2.00. The minimum absolute atomic E-state index is 0.119. The van der Waals surface area contributed by atoms with Gasteiger partial charge in [0.1, 0.15) is 17.9 Å². The minimum atomic E-state index is -0.684. The molecule has 0 spiro atoms. The van der Waals surface area contributed by atoms with Crippen LogP contribution in [-0.2, 0) is 4.74 Å². The van der Waals surface area contributed by atoms with E-state index in [2.05, 4.69) is 0 Å². The Balaban J connectivity index is 2.52. The van der Waals surface area contributed by atoms with Crippen LogP contribution in [0, 0.1) is 6.92 Å². The van der Waals surface area contributed by atoms with E-state index in [-0.39, 0.29) is 30.0 Å². The summed E-state index contributed by atoms with van der Waals surface area (Å²) in [5, 5.41) is 9.63.